The van der Waals surface area contributed by atoms with Gasteiger partial charge in [-0.3, -0.25) is 14.4 Å². The van der Waals surface area contributed by atoms with Crippen molar-refractivity contribution in [2.45, 2.75) is 78.3 Å². The fraction of sp³-hybridized carbons (Fsp3) is 0.536. The molecule has 6 heteroatoms. The highest BCUT2D eigenvalue weighted by atomic mass is 16.2. The standard InChI is InChI=1S/C28H37N3O3/c1-17-24-22(15-28(3,4)16-23(24)32)29-25(17)26(33)30-21(14-13-19-11-12-19)27(34)31(5)18(2)20-9-7-6-8-10-20/h6-10,18-19,21,29H,11-16H2,1-5H3,(H,30,33)/t18-,21+/m1/s1. The highest BCUT2D eigenvalue weighted by Gasteiger charge is 2.36. The molecule has 1 aromatic carbocycles. The van der Waals surface area contributed by atoms with E-state index < -0.39 is 6.04 Å². The van der Waals surface area contributed by atoms with Gasteiger partial charge in [0, 0.05) is 24.7 Å². The van der Waals surface area contributed by atoms with Crippen LogP contribution in [-0.4, -0.2) is 40.6 Å². The zero-order valence-corrected chi connectivity index (χ0v) is 21.0. The largest absolute Gasteiger partial charge is 0.354 e. The third kappa shape index (κ3) is 5.11. The molecule has 0 bridgehead atoms. The van der Waals surface area contributed by atoms with Crippen LogP contribution in [0.4, 0.5) is 0 Å². The Morgan fingerprint density at radius 2 is 1.85 bits per heavy atom. The van der Waals surface area contributed by atoms with Gasteiger partial charge in [0.05, 0.1) is 6.04 Å². The maximum Gasteiger partial charge on any atom is 0.268 e. The van der Waals surface area contributed by atoms with Crippen LogP contribution in [0.15, 0.2) is 30.3 Å². The number of carbonyl (C=O) groups is 3. The lowest BCUT2D eigenvalue weighted by Crippen LogP contribution is -2.48. The number of likely N-dealkylation sites (N-methyl/N-ethyl adjacent to an activating group) is 1. The van der Waals surface area contributed by atoms with Crippen LogP contribution < -0.4 is 5.32 Å². The van der Waals surface area contributed by atoms with E-state index in [1.807, 2.05) is 44.2 Å². The molecule has 1 fully saturated rings. The number of nitrogens with one attached hydrogen (secondary N) is 2. The van der Waals surface area contributed by atoms with Crippen LogP contribution in [0.2, 0.25) is 0 Å². The molecule has 34 heavy (non-hydrogen) atoms. The molecule has 0 radical (unpaired) electrons. The molecule has 1 aromatic heterocycles. The van der Waals surface area contributed by atoms with Crippen LogP contribution in [-0.2, 0) is 11.2 Å². The summed E-state index contributed by atoms with van der Waals surface area (Å²) in [5, 5.41) is 3.02. The van der Waals surface area contributed by atoms with Crippen molar-refractivity contribution >= 4 is 17.6 Å². The van der Waals surface area contributed by atoms with Crippen molar-refractivity contribution in [3.8, 4) is 0 Å². The zero-order chi connectivity index (χ0) is 24.6. The van der Waals surface area contributed by atoms with Gasteiger partial charge in [-0.2, -0.15) is 0 Å². The van der Waals surface area contributed by atoms with Crippen molar-refractivity contribution < 1.29 is 14.4 Å². The smallest absolute Gasteiger partial charge is 0.268 e. The Kier molecular flexibility index (Phi) is 6.70. The van der Waals surface area contributed by atoms with Gasteiger partial charge in [0.1, 0.15) is 11.7 Å². The van der Waals surface area contributed by atoms with E-state index in [9.17, 15) is 14.4 Å². The molecular weight excluding hydrogens is 426 g/mol. The molecule has 0 aliphatic heterocycles. The quantitative estimate of drug-likeness (QED) is 0.579. The number of hydrogen-bond acceptors (Lipinski definition) is 3. The summed E-state index contributed by atoms with van der Waals surface area (Å²) >= 11 is 0. The average molecular weight is 464 g/mol. The Hall–Kier alpha value is -2.89. The number of benzene rings is 1. The summed E-state index contributed by atoms with van der Waals surface area (Å²) in [6, 6.07) is 9.21. The minimum Gasteiger partial charge on any atom is -0.354 e. The highest BCUT2D eigenvalue weighted by Crippen LogP contribution is 2.37. The molecular formula is C28H37N3O3. The first kappa shape index (κ1) is 24.2. The number of amides is 2. The second-order valence-electron chi connectivity index (χ2n) is 11.0. The number of H-pyrrole nitrogens is 1. The Morgan fingerprint density at radius 3 is 2.50 bits per heavy atom. The number of aromatic nitrogens is 1. The molecule has 6 nitrogen and oxygen atoms in total. The average Bonchev–Trinajstić information content (AvgIpc) is 3.56. The fourth-order valence-electron chi connectivity index (χ4n) is 5.15. The van der Waals surface area contributed by atoms with Crippen molar-refractivity contribution in [3.05, 3.63) is 58.4 Å². The molecule has 0 spiro atoms. The molecule has 2 atom stereocenters. The number of fused-ring (bicyclic) bond motifs is 1. The van der Waals surface area contributed by atoms with Crippen LogP contribution in [0.25, 0.3) is 0 Å². The third-order valence-electron chi connectivity index (χ3n) is 7.50. The number of hydrogen-bond donors (Lipinski definition) is 2. The molecule has 2 aliphatic rings. The molecule has 0 unspecified atom stereocenters. The molecule has 2 N–H and O–H groups in total. The first-order valence-electron chi connectivity index (χ1n) is 12.4. The van der Waals surface area contributed by atoms with E-state index in [1.165, 1.54) is 12.8 Å². The second kappa shape index (κ2) is 9.40. The molecule has 2 aliphatic carbocycles. The summed E-state index contributed by atoms with van der Waals surface area (Å²) in [6.45, 7) is 7.97. The van der Waals surface area contributed by atoms with Crippen molar-refractivity contribution in [3.63, 3.8) is 0 Å². The van der Waals surface area contributed by atoms with Gasteiger partial charge in [-0.05, 0) is 55.6 Å². The van der Waals surface area contributed by atoms with Crippen LogP contribution in [0.3, 0.4) is 0 Å². The minimum atomic E-state index is -0.601. The zero-order valence-electron chi connectivity index (χ0n) is 21.0. The predicted octanol–water partition coefficient (Wildman–Crippen LogP) is 4.99. The SMILES string of the molecule is Cc1c(C(=O)N[C@@H](CCC2CC2)C(=O)N(C)[C@H](C)c2ccccc2)[nH]c2c1C(=O)CC(C)(C)C2. The van der Waals surface area contributed by atoms with E-state index >= 15 is 0 Å². The number of aromatic amines is 1. The number of Topliss-reactive ketones (excluding diaryl/α,β-unsaturated/α-hetero) is 1. The van der Waals surface area contributed by atoms with E-state index in [4.69, 9.17) is 0 Å². The molecule has 2 aromatic rings. The van der Waals surface area contributed by atoms with E-state index in [2.05, 4.69) is 24.1 Å². The molecule has 2 amide bonds. The van der Waals surface area contributed by atoms with Crippen molar-refractivity contribution in [2.24, 2.45) is 11.3 Å². The molecule has 1 saturated carbocycles. The highest BCUT2D eigenvalue weighted by molar-refractivity contribution is 6.05. The van der Waals surface area contributed by atoms with Crippen LogP contribution in [0.5, 0.6) is 0 Å². The molecule has 1 heterocycles. The fourth-order valence-corrected chi connectivity index (χ4v) is 5.15. The lowest BCUT2D eigenvalue weighted by atomic mass is 9.75. The Labute approximate surface area is 202 Å². The lowest BCUT2D eigenvalue weighted by molar-refractivity contribution is -0.134. The van der Waals surface area contributed by atoms with E-state index in [-0.39, 0.29) is 29.1 Å². The maximum atomic E-state index is 13.5. The molecule has 0 saturated heterocycles. The van der Waals surface area contributed by atoms with Gasteiger partial charge < -0.3 is 15.2 Å². The van der Waals surface area contributed by atoms with Crippen molar-refractivity contribution in [1.82, 2.24) is 15.2 Å². The minimum absolute atomic E-state index is 0.0804. The Morgan fingerprint density at radius 1 is 1.18 bits per heavy atom. The molecule has 182 valence electrons. The molecule has 4 rings (SSSR count). The predicted molar refractivity (Wildman–Crippen MR) is 133 cm³/mol. The van der Waals surface area contributed by atoms with E-state index in [1.54, 1.807) is 11.9 Å². The van der Waals surface area contributed by atoms with Gasteiger partial charge in [-0.1, -0.05) is 57.0 Å². The van der Waals surface area contributed by atoms with Gasteiger partial charge in [-0.25, -0.2) is 0 Å². The van der Waals surface area contributed by atoms with Gasteiger partial charge in [0.15, 0.2) is 5.78 Å². The summed E-state index contributed by atoms with van der Waals surface area (Å²) in [5.41, 5.74) is 3.50. The summed E-state index contributed by atoms with van der Waals surface area (Å²) < 4.78 is 0. The van der Waals surface area contributed by atoms with Gasteiger partial charge in [0.2, 0.25) is 5.91 Å². The Bertz CT molecular complexity index is 1080. The van der Waals surface area contributed by atoms with Crippen LogP contribution in [0, 0.1) is 18.3 Å². The van der Waals surface area contributed by atoms with Crippen molar-refractivity contribution in [2.75, 3.05) is 7.05 Å². The van der Waals surface area contributed by atoms with E-state index in [0.717, 1.165) is 24.1 Å². The first-order valence-corrected chi connectivity index (χ1v) is 12.4. The topological polar surface area (TPSA) is 82.3 Å². The summed E-state index contributed by atoms with van der Waals surface area (Å²) in [7, 11) is 1.80. The number of rotatable bonds is 8. The number of nitrogens with zero attached hydrogens (tertiary/aromatic N) is 1. The van der Waals surface area contributed by atoms with Crippen LogP contribution >= 0.6 is 0 Å². The van der Waals surface area contributed by atoms with Gasteiger partial charge in [0.25, 0.3) is 5.91 Å². The van der Waals surface area contributed by atoms with E-state index in [0.29, 0.717) is 35.6 Å². The monoisotopic (exact) mass is 463 g/mol. The summed E-state index contributed by atoms with van der Waals surface area (Å²) in [4.78, 5) is 44.6. The van der Waals surface area contributed by atoms with Crippen molar-refractivity contribution in [1.29, 1.82) is 0 Å². The second-order valence-corrected chi connectivity index (χ2v) is 11.0. The summed E-state index contributed by atoms with van der Waals surface area (Å²) in [6.07, 6.45) is 5.15. The normalized spacial score (nSPS) is 18.7. The van der Waals surface area contributed by atoms with Gasteiger partial charge >= 0.3 is 0 Å². The van der Waals surface area contributed by atoms with Gasteiger partial charge in [-0.15, -0.1) is 0 Å². The number of carbonyl (C=O) groups excluding carboxylic acids is 3. The summed E-state index contributed by atoms with van der Waals surface area (Å²) in [5.74, 6) is 0.337. The number of ketones is 1. The van der Waals surface area contributed by atoms with Crippen LogP contribution in [0.1, 0.15) is 96.6 Å². The first-order chi connectivity index (χ1) is 16.1. The maximum absolute atomic E-state index is 13.5. The third-order valence-corrected chi connectivity index (χ3v) is 7.50. The lowest BCUT2D eigenvalue weighted by Gasteiger charge is -2.30. The Balaban J connectivity index is 1.53.